The van der Waals surface area contributed by atoms with Gasteiger partial charge in [-0.15, -0.1) is 0 Å². The topological polar surface area (TPSA) is 153 Å². The van der Waals surface area contributed by atoms with Crippen LogP contribution in [-0.4, -0.2) is 58.8 Å². The summed E-state index contributed by atoms with van der Waals surface area (Å²) in [6.07, 6.45) is -0.155. The lowest BCUT2D eigenvalue weighted by atomic mass is 10.1. The molecule has 2 rings (SSSR count). The molecule has 0 aliphatic heterocycles. The normalized spacial score (nSPS) is 12.2. The van der Waals surface area contributed by atoms with Gasteiger partial charge >= 0.3 is 5.97 Å². The molecule has 0 radical (unpaired) electrons. The van der Waals surface area contributed by atoms with Crippen LogP contribution in [0.1, 0.15) is 35.7 Å². The number of anilines is 1. The smallest absolute Gasteiger partial charge is 0.305 e. The number of aryl methyl sites for hydroxylation is 1. The van der Waals surface area contributed by atoms with Crippen molar-refractivity contribution in [3.8, 4) is 5.75 Å². The first kappa shape index (κ1) is 28.6. The molecule has 0 fully saturated rings. The highest BCUT2D eigenvalue weighted by Gasteiger charge is 2.29. The second kappa shape index (κ2) is 12.9. The molecule has 192 valence electrons. The molecule has 0 bridgehead atoms. The van der Waals surface area contributed by atoms with E-state index in [0.717, 1.165) is 4.90 Å². The maximum Gasteiger partial charge on any atom is 0.305 e. The lowest BCUT2D eigenvalue weighted by Gasteiger charge is -2.28. The number of benzene rings is 2. The number of phenols is 1. The molecule has 10 nitrogen and oxygen atoms in total. The Morgan fingerprint density at radius 2 is 1.69 bits per heavy atom. The Morgan fingerprint density at radius 1 is 1.08 bits per heavy atom. The van der Waals surface area contributed by atoms with Crippen LogP contribution in [0.25, 0.3) is 0 Å². The van der Waals surface area contributed by atoms with Crippen molar-refractivity contribution >= 4 is 58.9 Å². The molecule has 0 heterocycles. The predicted octanol–water partition coefficient (Wildman–Crippen LogP) is 2.71. The fourth-order valence-electron chi connectivity index (χ4n) is 3.33. The van der Waals surface area contributed by atoms with E-state index >= 15 is 0 Å². The molecule has 12 heteroatoms. The molecule has 0 saturated carbocycles. The minimum absolute atomic E-state index is 0.0109. The van der Waals surface area contributed by atoms with E-state index in [0.29, 0.717) is 17.5 Å². The summed E-state index contributed by atoms with van der Waals surface area (Å²) in [7, 11) is 0. The van der Waals surface area contributed by atoms with E-state index in [2.05, 4.69) is 10.6 Å². The van der Waals surface area contributed by atoms with Gasteiger partial charge in [-0.3, -0.25) is 19.2 Å². The van der Waals surface area contributed by atoms with Gasteiger partial charge in [0.15, 0.2) is 5.75 Å². The van der Waals surface area contributed by atoms with E-state index < -0.39 is 48.7 Å². The minimum atomic E-state index is -1.28. The van der Waals surface area contributed by atoms with Crippen LogP contribution in [0, 0.1) is 6.92 Å². The molecule has 2 atom stereocenters. The van der Waals surface area contributed by atoms with Gasteiger partial charge in [-0.1, -0.05) is 48.3 Å². The first-order chi connectivity index (χ1) is 17.0. The number of aldehydes is 1. The van der Waals surface area contributed by atoms with Crippen LogP contribution in [0.4, 0.5) is 5.69 Å². The number of phenolic OH excluding ortho intramolecular Hbond substituents is 1. The van der Waals surface area contributed by atoms with Crippen molar-refractivity contribution in [3.63, 3.8) is 0 Å². The monoisotopic (exact) mass is 537 g/mol. The van der Waals surface area contributed by atoms with Crippen LogP contribution in [0.5, 0.6) is 5.75 Å². The number of carbonyl (C=O) groups excluding carboxylic acids is 4. The molecular weight excluding hydrogens is 513 g/mol. The summed E-state index contributed by atoms with van der Waals surface area (Å²) in [6, 6.07) is 6.81. The fraction of sp³-hybridized carbons (Fsp3) is 0.292. The molecule has 36 heavy (non-hydrogen) atoms. The number of aromatic hydroxyl groups is 1. The van der Waals surface area contributed by atoms with Crippen LogP contribution < -0.4 is 15.5 Å². The van der Waals surface area contributed by atoms with Crippen LogP contribution in [0.15, 0.2) is 36.4 Å². The first-order valence-corrected chi connectivity index (χ1v) is 11.6. The average molecular weight is 538 g/mol. The predicted molar refractivity (Wildman–Crippen MR) is 133 cm³/mol. The lowest BCUT2D eigenvalue weighted by Crippen LogP contribution is -2.52. The Kier molecular flexibility index (Phi) is 10.2. The van der Waals surface area contributed by atoms with Crippen LogP contribution in [0.3, 0.4) is 0 Å². The van der Waals surface area contributed by atoms with E-state index in [-0.39, 0.29) is 27.8 Å². The number of para-hydroxylation sites is 1. The SMILES string of the molecule is CCC(NC(=O)c1cc(Cl)c(O)c(Cl)c1)C(=O)N(CC(=O)NC(C=O)CC(=O)O)c1ccccc1C. The summed E-state index contributed by atoms with van der Waals surface area (Å²) in [4.78, 5) is 62.2. The van der Waals surface area contributed by atoms with Gasteiger partial charge in [0.1, 0.15) is 18.9 Å². The molecular formula is C24H25Cl2N3O7. The number of carbonyl (C=O) groups is 5. The van der Waals surface area contributed by atoms with Crippen molar-refractivity contribution in [2.75, 3.05) is 11.4 Å². The van der Waals surface area contributed by atoms with Gasteiger partial charge in [-0.25, -0.2) is 0 Å². The third-order valence-corrected chi connectivity index (χ3v) is 5.75. The van der Waals surface area contributed by atoms with Crippen molar-refractivity contribution in [1.82, 2.24) is 10.6 Å². The zero-order chi connectivity index (χ0) is 27.0. The molecule has 0 spiro atoms. The second-order valence-electron chi connectivity index (χ2n) is 7.84. The van der Waals surface area contributed by atoms with E-state index in [1.807, 2.05) is 0 Å². The number of aliphatic carboxylic acids is 1. The summed E-state index contributed by atoms with van der Waals surface area (Å²) < 4.78 is 0. The Labute approximate surface area is 217 Å². The highest BCUT2D eigenvalue weighted by Crippen LogP contribution is 2.32. The Hall–Kier alpha value is -3.63. The molecule has 2 unspecified atom stereocenters. The molecule has 0 aliphatic carbocycles. The summed E-state index contributed by atoms with van der Waals surface area (Å²) in [5.41, 5.74) is 1.06. The van der Waals surface area contributed by atoms with E-state index in [9.17, 15) is 29.1 Å². The molecule has 0 saturated heterocycles. The van der Waals surface area contributed by atoms with Crippen molar-refractivity contribution < 1.29 is 34.2 Å². The first-order valence-electron chi connectivity index (χ1n) is 10.8. The number of amides is 3. The highest BCUT2D eigenvalue weighted by molar-refractivity contribution is 6.37. The Bertz CT molecular complexity index is 1150. The number of nitrogens with zero attached hydrogens (tertiary/aromatic N) is 1. The van der Waals surface area contributed by atoms with E-state index in [4.69, 9.17) is 28.3 Å². The van der Waals surface area contributed by atoms with Crippen molar-refractivity contribution in [2.24, 2.45) is 0 Å². The number of rotatable bonds is 11. The number of carboxylic acids is 1. The van der Waals surface area contributed by atoms with Gasteiger partial charge in [0.05, 0.1) is 22.5 Å². The maximum absolute atomic E-state index is 13.5. The van der Waals surface area contributed by atoms with Crippen molar-refractivity contribution in [2.45, 2.75) is 38.8 Å². The number of halogens is 2. The number of hydrogen-bond donors (Lipinski definition) is 4. The third kappa shape index (κ3) is 7.43. The van der Waals surface area contributed by atoms with Gasteiger partial charge in [0.2, 0.25) is 11.8 Å². The molecule has 4 N–H and O–H groups in total. The van der Waals surface area contributed by atoms with E-state index in [1.165, 1.54) is 12.1 Å². The maximum atomic E-state index is 13.5. The highest BCUT2D eigenvalue weighted by atomic mass is 35.5. The molecule has 2 aromatic rings. The minimum Gasteiger partial charge on any atom is -0.505 e. The summed E-state index contributed by atoms with van der Waals surface area (Å²) in [5, 5.41) is 23.2. The third-order valence-electron chi connectivity index (χ3n) is 5.17. The molecule has 2 aromatic carbocycles. The largest absolute Gasteiger partial charge is 0.505 e. The van der Waals surface area contributed by atoms with Crippen LogP contribution >= 0.6 is 23.2 Å². The zero-order valence-electron chi connectivity index (χ0n) is 19.5. The molecule has 3 amide bonds. The number of nitrogens with one attached hydrogen (secondary N) is 2. The number of carboxylic acid groups (broad SMARTS) is 1. The summed E-state index contributed by atoms with van der Waals surface area (Å²) in [6.45, 7) is 2.86. The second-order valence-corrected chi connectivity index (χ2v) is 8.66. The molecule has 0 aromatic heterocycles. The zero-order valence-corrected chi connectivity index (χ0v) is 21.0. The Morgan fingerprint density at radius 3 is 2.22 bits per heavy atom. The van der Waals surface area contributed by atoms with Gasteiger partial charge in [-0.2, -0.15) is 0 Å². The van der Waals surface area contributed by atoms with E-state index in [1.54, 1.807) is 38.1 Å². The van der Waals surface area contributed by atoms with Gasteiger partial charge < -0.3 is 30.5 Å². The van der Waals surface area contributed by atoms with Gasteiger partial charge in [0.25, 0.3) is 5.91 Å². The fourth-order valence-corrected chi connectivity index (χ4v) is 3.82. The van der Waals surface area contributed by atoms with Crippen molar-refractivity contribution in [1.29, 1.82) is 0 Å². The summed E-state index contributed by atoms with van der Waals surface area (Å²) >= 11 is 11.8. The van der Waals surface area contributed by atoms with Crippen LogP contribution in [0.2, 0.25) is 10.0 Å². The Balaban J connectivity index is 2.31. The van der Waals surface area contributed by atoms with Gasteiger partial charge in [0, 0.05) is 11.3 Å². The quantitative estimate of drug-likeness (QED) is 0.321. The number of hydrogen-bond acceptors (Lipinski definition) is 6. The molecule has 0 aliphatic rings. The van der Waals surface area contributed by atoms with Gasteiger partial charge in [-0.05, 0) is 37.1 Å². The summed E-state index contributed by atoms with van der Waals surface area (Å²) in [5.74, 6) is -3.72. The standard InChI is InChI=1S/C24H25Cl2N3O7/c1-3-18(28-23(35)14-8-16(25)22(34)17(26)9-14)24(36)29(19-7-5-4-6-13(19)2)11-20(31)27-15(12-30)10-21(32)33/h4-9,12,15,18,34H,3,10-11H2,1-2H3,(H,27,31)(H,28,35)(H,32,33). The van der Waals surface area contributed by atoms with Crippen molar-refractivity contribution in [3.05, 3.63) is 57.6 Å². The lowest BCUT2D eigenvalue weighted by molar-refractivity contribution is -0.138. The average Bonchev–Trinajstić information content (AvgIpc) is 2.83. The van der Waals surface area contributed by atoms with Crippen LogP contribution in [-0.2, 0) is 19.2 Å².